The molecule has 1 amide bonds. The van der Waals surface area contributed by atoms with Gasteiger partial charge >= 0.3 is 0 Å². The Morgan fingerprint density at radius 3 is 2.44 bits per heavy atom. The third-order valence-corrected chi connectivity index (χ3v) is 2.40. The van der Waals surface area contributed by atoms with Crippen molar-refractivity contribution in [2.75, 3.05) is 5.32 Å². The number of anilines is 1. The summed E-state index contributed by atoms with van der Waals surface area (Å²) in [4.78, 5) is 11.7. The second kappa shape index (κ2) is 5.75. The van der Waals surface area contributed by atoms with E-state index in [1.807, 2.05) is 32.0 Å². The van der Waals surface area contributed by atoms with E-state index in [2.05, 4.69) is 10.6 Å². The molecule has 0 aliphatic carbocycles. The lowest BCUT2D eigenvalue weighted by molar-refractivity contribution is -0.122. The summed E-state index contributed by atoms with van der Waals surface area (Å²) in [7, 11) is 0. The highest BCUT2D eigenvalue weighted by atomic mass is 35.5. The van der Waals surface area contributed by atoms with Crippen LogP contribution in [0.4, 0.5) is 5.69 Å². The van der Waals surface area contributed by atoms with Crippen LogP contribution in [0.2, 0.25) is 5.02 Å². The van der Waals surface area contributed by atoms with Crippen molar-refractivity contribution >= 4 is 23.2 Å². The number of benzene rings is 1. The van der Waals surface area contributed by atoms with Gasteiger partial charge in [-0.2, -0.15) is 0 Å². The van der Waals surface area contributed by atoms with Gasteiger partial charge in [0, 0.05) is 6.04 Å². The molecule has 0 spiro atoms. The highest BCUT2D eigenvalue weighted by Gasteiger charge is 2.13. The normalized spacial score (nSPS) is 12.3. The minimum Gasteiger partial charge on any atom is -0.373 e. The number of hydrogen-bond acceptors (Lipinski definition) is 2. The molecule has 16 heavy (non-hydrogen) atoms. The average molecular weight is 241 g/mol. The van der Waals surface area contributed by atoms with Crippen LogP contribution in [0, 0.1) is 0 Å². The summed E-state index contributed by atoms with van der Waals surface area (Å²) in [5, 5.41) is 6.53. The van der Waals surface area contributed by atoms with Gasteiger partial charge < -0.3 is 10.6 Å². The van der Waals surface area contributed by atoms with Gasteiger partial charge in [0.25, 0.3) is 0 Å². The van der Waals surface area contributed by atoms with E-state index in [-0.39, 0.29) is 18.0 Å². The fraction of sp³-hybridized carbons (Fsp3) is 0.417. The molecular formula is C12H17ClN2O. The predicted octanol–water partition coefficient (Wildman–Crippen LogP) is 2.67. The van der Waals surface area contributed by atoms with Crippen molar-refractivity contribution < 1.29 is 4.79 Å². The molecular weight excluding hydrogens is 224 g/mol. The topological polar surface area (TPSA) is 41.1 Å². The molecule has 0 bridgehead atoms. The van der Waals surface area contributed by atoms with Crippen molar-refractivity contribution in [3.8, 4) is 0 Å². The fourth-order valence-electron chi connectivity index (χ4n) is 1.29. The SMILES string of the molecule is CC(C)NC(=O)C(C)Nc1ccccc1Cl. The van der Waals surface area contributed by atoms with E-state index in [4.69, 9.17) is 11.6 Å². The molecule has 0 saturated heterocycles. The lowest BCUT2D eigenvalue weighted by atomic mass is 10.2. The average Bonchev–Trinajstić information content (AvgIpc) is 2.20. The summed E-state index contributed by atoms with van der Waals surface area (Å²) in [6.07, 6.45) is 0. The lowest BCUT2D eigenvalue weighted by Gasteiger charge is -2.17. The molecule has 1 unspecified atom stereocenters. The Labute approximate surface area is 101 Å². The van der Waals surface area contributed by atoms with Crippen LogP contribution in [0.1, 0.15) is 20.8 Å². The molecule has 0 saturated carbocycles. The zero-order valence-corrected chi connectivity index (χ0v) is 10.5. The Balaban J connectivity index is 2.61. The monoisotopic (exact) mass is 240 g/mol. The molecule has 0 aliphatic heterocycles. The number of rotatable bonds is 4. The van der Waals surface area contributed by atoms with Crippen LogP contribution >= 0.6 is 11.6 Å². The molecule has 3 nitrogen and oxygen atoms in total. The first-order valence-electron chi connectivity index (χ1n) is 5.32. The number of halogens is 1. The first kappa shape index (κ1) is 12.8. The van der Waals surface area contributed by atoms with Gasteiger partial charge in [0.15, 0.2) is 0 Å². The van der Waals surface area contributed by atoms with Crippen LogP contribution in [0.15, 0.2) is 24.3 Å². The molecule has 1 aromatic carbocycles. The third-order valence-electron chi connectivity index (χ3n) is 2.07. The van der Waals surface area contributed by atoms with E-state index >= 15 is 0 Å². The van der Waals surface area contributed by atoms with Crippen LogP contribution in [0.3, 0.4) is 0 Å². The van der Waals surface area contributed by atoms with Crippen molar-refractivity contribution in [2.45, 2.75) is 32.9 Å². The minimum absolute atomic E-state index is 0.0325. The van der Waals surface area contributed by atoms with E-state index in [0.29, 0.717) is 5.02 Å². The maximum atomic E-state index is 11.7. The first-order valence-corrected chi connectivity index (χ1v) is 5.70. The Bertz CT molecular complexity index is 366. The summed E-state index contributed by atoms with van der Waals surface area (Å²) < 4.78 is 0. The third kappa shape index (κ3) is 3.74. The molecule has 4 heteroatoms. The van der Waals surface area contributed by atoms with Gasteiger partial charge in [-0.1, -0.05) is 23.7 Å². The van der Waals surface area contributed by atoms with Crippen molar-refractivity contribution in [3.05, 3.63) is 29.3 Å². The molecule has 88 valence electrons. The van der Waals surface area contributed by atoms with Crippen molar-refractivity contribution in [3.63, 3.8) is 0 Å². The fourth-order valence-corrected chi connectivity index (χ4v) is 1.48. The molecule has 2 N–H and O–H groups in total. The summed E-state index contributed by atoms with van der Waals surface area (Å²) in [5.41, 5.74) is 0.774. The zero-order chi connectivity index (χ0) is 12.1. The molecule has 0 aromatic heterocycles. The van der Waals surface area contributed by atoms with Crippen LogP contribution < -0.4 is 10.6 Å². The molecule has 1 aromatic rings. The van der Waals surface area contributed by atoms with Gasteiger partial charge in [-0.05, 0) is 32.9 Å². The summed E-state index contributed by atoms with van der Waals surface area (Å²) >= 11 is 5.98. The number of nitrogens with one attached hydrogen (secondary N) is 2. The highest BCUT2D eigenvalue weighted by molar-refractivity contribution is 6.33. The lowest BCUT2D eigenvalue weighted by Crippen LogP contribution is -2.41. The number of hydrogen-bond donors (Lipinski definition) is 2. The van der Waals surface area contributed by atoms with Gasteiger partial charge in [-0.15, -0.1) is 0 Å². The minimum atomic E-state index is -0.303. The molecule has 0 heterocycles. The Kier molecular flexibility index (Phi) is 4.62. The van der Waals surface area contributed by atoms with Gasteiger partial charge in [0.2, 0.25) is 5.91 Å². The second-order valence-corrected chi connectivity index (χ2v) is 4.42. The van der Waals surface area contributed by atoms with E-state index in [1.165, 1.54) is 0 Å². The van der Waals surface area contributed by atoms with Gasteiger partial charge in [0.1, 0.15) is 6.04 Å². The molecule has 1 atom stereocenters. The predicted molar refractivity (Wildman–Crippen MR) is 67.8 cm³/mol. The maximum Gasteiger partial charge on any atom is 0.242 e. The number of carbonyl (C=O) groups is 1. The Hall–Kier alpha value is -1.22. The molecule has 0 radical (unpaired) electrons. The number of carbonyl (C=O) groups excluding carboxylic acids is 1. The van der Waals surface area contributed by atoms with E-state index < -0.39 is 0 Å². The number of amides is 1. The van der Waals surface area contributed by atoms with E-state index in [0.717, 1.165) is 5.69 Å². The first-order chi connectivity index (χ1) is 7.50. The summed E-state index contributed by atoms with van der Waals surface area (Å²) in [6, 6.07) is 7.21. The van der Waals surface area contributed by atoms with E-state index in [1.54, 1.807) is 13.0 Å². The molecule has 0 fully saturated rings. The second-order valence-electron chi connectivity index (χ2n) is 4.01. The molecule has 1 rings (SSSR count). The van der Waals surface area contributed by atoms with Gasteiger partial charge in [0.05, 0.1) is 10.7 Å². The summed E-state index contributed by atoms with van der Waals surface area (Å²) in [5.74, 6) is -0.0325. The Morgan fingerprint density at radius 1 is 1.25 bits per heavy atom. The van der Waals surface area contributed by atoms with E-state index in [9.17, 15) is 4.79 Å². The van der Waals surface area contributed by atoms with Gasteiger partial charge in [-0.25, -0.2) is 0 Å². The van der Waals surface area contributed by atoms with Crippen molar-refractivity contribution in [1.29, 1.82) is 0 Å². The van der Waals surface area contributed by atoms with Crippen LogP contribution in [0.5, 0.6) is 0 Å². The maximum absolute atomic E-state index is 11.7. The van der Waals surface area contributed by atoms with Crippen LogP contribution in [-0.2, 0) is 4.79 Å². The van der Waals surface area contributed by atoms with Crippen LogP contribution in [-0.4, -0.2) is 18.0 Å². The number of para-hydroxylation sites is 1. The quantitative estimate of drug-likeness (QED) is 0.850. The zero-order valence-electron chi connectivity index (χ0n) is 9.75. The summed E-state index contributed by atoms with van der Waals surface area (Å²) in [6.45, 7) is 5.67. The largest absolute Gasteiger partial charge is 0.373 e. The van der Waals surface area contributed by atoms with Crippen molar-refractivity contribution in [1.82, 2.24) is 5.32 Å². The van der Waals surface area contributed by atoms with Crippen molar-refractivity contribution in [2.24, 2.45) is 0 Å². The smallest absolute Gasteiger partial charge is 0.242 e. The molecule has 0 aliphatic rings. The van der Waals surface area contributed by atoms with Gasteiger partial charge in [-0.3, -0.25) is 4.79 Å². The standard InChI is InChI=1S/C12H17ClN2O/c1-8(2)14-12(16)9(3)15-11-7-5-4-6-10(11)13/h4-9,15H,1-3H3,(H,14,16). The highest BCUT2D eigenvalue weighted by Crippen LogP contribution is 2.21. The van der Waals surface area contributed by atoms with Crippen LogP contribution in [0.25, 0.3) is 0 Å². The Morgan fingerprint density at radius 2 is 1.88 bits per heavy atom.